The highest BCUT2D eigenvalue weighted by atomic mass is 19.1. The van der Waals surface area contributed by atoms with Gasteiger partial charge < -0.3 is 20.4 Å². The van der Waals surface area contributed by atoms with Gasteiger partial charge in [-0.2, -0.15) is 4.98 Å². The van der Waals surface area contributed by atoms with Gasteiger partial charge in [-0.25, -0.2) is 4.39 Å². The Morgan fingerprint density at radius 2 is 2.26 bits per heavy atom. The number of benzene rings is 1. The summed E-state index contributed by atoms with van der Waals surface area (Å²) in [6.07, 6.45) is 1.77. The van der Waals surface area contributed by atoms with E-state index in [1.165, 1.54) is 18.2 Å². The van der Waals surface area contributed by atoms with Crippen LogP contribution in [0.1, 0.15) is 10.4 Å². The molecule has 7 heteroatoms. The number of carbonyl (C=O) groups is 1. The molecule has 1 aliphatic heterocycles. The van der Waals surface area contributed by atoms with E-state index in [0.29, 0.717) is 30.4 Å². The highest BCUT2D eigenvalue weighted by molar-refractivity contribution is 6.00. The average Bonchev–Trinajstić information content (AvgIpc) is 2.99. The van der Waals surface area contributed by atoms with E-state index in [9.17, 15) is 9.18 Å². The van der Waals surface area contributed by atoms with Crippen molar-refractivity contribution in [3.8, 4) is 5.88 Å². The largest absolute Gasteiger partial charge is 0.474 e. The number of carbonyl (C=O) groups excluding carboxylic acids is 1. The standard InChI is InChI=1S/C16H13FN4O2/c17-11-3-1-2-10(14(18)22)13(11)21-6-7-23-16-12(21)8-9-4-5-19-15(9)20-16/h1-5,8H,6-7H2,(H2,18,22)(H,19,20). The van der Waals surface area contributed by atoms with Gasteiger partial charge in [-0.1, -0.05) is 6.07 Å². The first-order valence-corrected chi connectivity index (χ1v) is 7.12. The molecular weight excluding hydrogens is 299 g/mol. The summed E-state index contributed by atoms with van der Waals surface area (Å²) in [7, 11) is 0. The number of anilines is 2. The summed E-state index contributed by atoms with van der Waals surface area (Å²) in [5.74, 6) is -0.795. The van der Waals surface area contributed by atoms with Crippen LogP contribution in [0.25, 0.3) is 11.0 Å². The van der Waals surface area contributed by atoms with Crippen molar-refractivity contribution in [3.05, 3.63) is 47.9 Å². The van der Waals surface area contributed by atoms with Crippen LogP contribution in [0, 0.1) is 5.82 Å². The van der Waals surface area contributed by atoms with Gasteiger partial charge in [-0.15, -0.1) is 0 Å². The number of ether oxygens (including phenoxy) is 1. The number of rotatable bonds is 2. The Hall–Kier alpha value is -3.09. The number of hydrogen-bond donors (Lipinski definition) is 2. The fraction of sp³-hybridized carbons (Fsp3) is 0.125. The minimum atomic E-state index is -0.678. The lowest BCUT2D eigenvalue weighted by Crippen LogP contribution is -2.31. The molecule has 4 rings (SSSR count). The van der Waals surface area contributed by atoms with Crippen molar-refractivity contribution >= 4 is 28.3 Å². The quantitative estimate of drug-likeness (QED) is 0.760. The van der Waals surface area contributed by atoms with Gasteiger partial charge in [-0.05, 0) is 24.3 Å². The first kappa shape index (κ1) is 13.6. The molecule has 3 aromatic rings. The van der Waals surface area contributed by atoms with Gasteiger partial charge in [-0.3, -0.25) is 4.79 Å². The van der Waals surface area contributed by atoms with Crippen LogP contribution in [0.15, 0.2) is 36.5 Å². The van der Waals surface area contributed by atoms with Crippen LogP contribution in [0.3, 0.4) is 0 Å². The third-order valence-corrected chi connectivity index (χ3v) is 3.85. The molecule has 1 aromatic carbocycles. The highest BCUT2D eigenvalue weighted by Crippen LogP contribution is 2.39. The molecule has 3 heterocycles. The van der Waals surface area contributed by atoms with Crippen LogP contribution >= 0.6 is 0 Å². The second kappa shape index (κ2) is 4.98. The normalized spacial score (nSPS) is 13.7. The van der Waals surface area contributed by atoms with E-state index < -0.39 is 11.7 Å². The number of pyridine rings is 1. The van der Waals surface area contributed by atoms with Gasteiger partial charge >= 0.3 is 0 Å². The Morgan fingerprint density at radius 1 is 1.39 bits per heavy atom. The monoisotopic (exact) mass is 312 g/mol. The number of halogens is 1. The van der Waals surface area contributed by atoms with E-state index in [1.807, 2.05) is 12.1 Å². The summed E-state index contributed by atoms with van der Waals surface area (Å²) in [5, 5.41) is 0.871. The number of primary amides is 1. The van der Waals surface area contributed by atoms with Gasteiger partial charge in [0.25, 0.3) is 5.91 Å². The molecule has 116 valence electrons. The van der Waals surface area contributed by atoms with Crippen LogP contribution in [0.2, 0.25) is 0 Å². The number of hydrogen-bond acceptors (Lipinski definition) is 4. The van der Waals surface area contributed by atoms with Crippen molar-refractivity contribution in [1.29, 1.82) is 0 Å². The Labute approximate surface area is 130 Å². The lowest BCUT2D eigenvalue weighted by molar-refractivity contribution is 0.100. The maximum absolute atomic E-state index is 14.4. The summed E-state index contributed by atoms with van der Waals surface area (Å²) in [4.78, 5) is 20.8. The molecule has 1 aliphatic rings. The number of aromatic nitrogens is 2. The molecule has 0 aliphatic carbocycles. The molecule has 0 unspecified atom stereocenters. The van der Waals surface area contributed by atoms with E-state index in [-0.39, 0.29) is 11.3 Å². The number of aromatic amines is 1. The average molecular weight is 312 g/mol. The van der Waals surface area contributed by atoms with Gasteiger partial charge in [0.05, 0.1) is 17.8 Å². The lowest BCUT2D eigenvalue weighted by Gasteiger charge is -2.31. The van der Waals surface area contributed by atoms with Crippen molar-refractivity contribution in [2.24, 2.45) is 5.73 Å². The predicted molar refractivity (Wildman–Crippen MR) is 83.5 cm³/mol. The molecule has 0 radical (unpaired) electrons. The van der Waals surface area contributed by atoms with Crippen LogP contribution in [0.4, 0.5) is 15.8 Å². The zero-order valence-corrected chi connectivity index (χ0v) is 12.0. The molecule has 0 saturated heterocycles. The molecule has 23 heavy (non-hydrogen) atoms. The van der Waals surface area contributed by atoms with Gasteiger partial charge in [0, 0.05) is 11.6 Å². The van der Waals surface area contributed by atoms with Crippen molar-refractivity contribution < 1.29 is 13.9 Å². The Kier molecular flexibility index (Phi) is 2.94. The molecular formula is C16H13FN4O2. The van der Waals surface area contributed by atoms with E-state index in [4.69, 9.17) is 10.5 Å². The summed E-state index contributed by atoms with van der Waals surface area (Å²) in [5.41, 5.74) is 6.98. The Bertz CT molecular complexity index is 922. The number of para-hydroxylation sites is 1. The molecule has 0 atom stereocenters. The predicted octanol–water partition coefficient (Wildman–Crippen LogP) is 2.33. The number of fused-ring (bicyclic) bond motifs is 2. The molecule has 3 N–H and O–H groups in total. The second-order valence-corrected chi connectivity index (χ2v) is 5.23. The first-order chi connectivity index (χ1) is 11.1. The topological polar surface area (TPSA) is 84.2 Å². The third kappa shape index (κ3) is 2.09. The fourth-order valence-electron chi connectivity index (χ4n) is 2.83. The van der Waals surface area contributed by atoms with E-state index >= 15 is 0 Å². The second-order valence-electron chi connectivity index (χ2n) is 5.23. The zero-order chi connectivity index (χ0) is 16.0. The van der Waals surface area contributed by atoms with Crippen molar-refractivity contribution in [2.75, 3.05) is 18.1 Å². The Balaban J connectivity index is 1.94. The van der Waals surface area contributed by atoms with Crippen LogP contribution in [-0.2, 0) is 0 Å². The van der Waals surface area contributed by atoms with Gasteiger partial charge in [0.2, 0.25) is 5.88 Å². The molecule has 0 fully saturated rings. The maximum Gasteiger partial charge on any atom is 0.250 e. The maximum atomic E-state index is 14.4. The minimum Gasteiger partial charge on any atom is -0.474 e. The number of nitrogens with two attached hydrogens (primary N) is 1. The number of nitrogens with zero attached hydrogens (tertiary/aromatic N) is 2. The molecule has 2 aromatic heterocycles. The summed E-state index contributed by atoms with van der Waals surface area (Å²) >= 11 is 0. The molecule has 0 spiro atoms. The van der Waals surface area contributed by atoms with Gasteiger partial charge in [0.1, 0.15) is 23.8 Å². The summed E-state index contributed by atoms with van der Waals surface area (Å²) in [6.45, 7) is 0.727. The summed E-state index contributed by atoms with van der Waals surface area (Å²) in [6, 6.07) is 8.00. The van der Waals surface area contributed by atoms with Crippen LogP contribution in [-0.4, -0.2) is 29.0 Å². The highest BCUT2D eigenvalue weighted by Gasteiger charge is 2.27. The van der Waals surface area contributed by atoms with E-state index in [2.05, 4.69) is 9.97 Å². The van der Waals surface area contributed by atoms with Crippen LogP contribution < -0.4 is 15.4 Å². The lowest BCUT2D eigenvalue weighted by atomic mass is 10.1. The number of amides is 1. The molecule has 6 nitrogen and oxygen atoms in total. The van der Waals surface area contributed by atoms with Crippen molar-refractivity contribution in [1.82, 2.24) is 9.97 Å². The van der Waals surface area contributed by atoms with E-state index in [1.54, 1.807) is 11.1 Å². The zero-order valence-electron chi connectivity index (χ0n) is 12.0. The number of H-pyrrole nitrogens is 1. The SMILES string of the molecule is NC(=O)c1cccc(F)c1N1CCOc2nc3[nH]ccc3cc21. The Morgan fingerprint density at radius 3 is 3.09 bits per heavy atom. The smallest absolute Gasteiger partial charge is 0.250 e. The molecule has 1 amide bonds. The minimum absolute atomic E-state index is 0.131. The van der Waals surface area contributed by atoms with Crippen molar-refractivity contribution in [3.63, 3.8) is 0 Å². The number of nitrogens with one attached hydrogen (secondary N) is 1. The molecule has 0 bridgehead atoms. The fourth-order valence-corrected chi connectivity index (χ4v) is 2.83. The van der Waals surface area contributed by atoms with E-state index in [0.717, 1.165) is 5.39 Å². The van der Waals surface area contributed by atoms with Gasteiger partial charge in [0.15, 0.2) is 0 Å². The molecule has 0 saturated carbocycles. The van der Waals surface area contributed by atoms with Crippen LogP contribution in [0.5, 0.6) is 5.88 Å². The summed E-state index contributed by atoms with van der Waals surface area (Å²) < 4.78 is 20.0. The first-order valence-electron chi connectivity index (χ1n) is 7.12. The third-order valence-electron chi connectivity index (χ3n) is 3.85. The van der Waals surface area contributed by atoms with Crippen molar-refractivity contribution in [2.45, 2.75) is 0 Å².